The van der Waals surface area contributed by atoms with Crippen LogP contribution in [0, 0.1) is 17.2 Å². The Kier molecular flexibility index (Phi) is 8.89. The standard InChI is InChI=1S/C24H28N2O4/c1-4-5-17(2)16-30-21-12-10-20(11-13-21)23(24(28)29-3)26-22(27)14-18-6-8-19(15-25)9-7-18/h6-13,17,23H,4-5,14,16H2,1-3H3,(H,26,27)/t17?,23-/m1/s1. The van der Waals surface area contributed by atoms with Crippen LogP contribution in [0.3, 0.4) is 0 Å². The lowest BCUT2D eigenvalue weighted by atomic mass is 10.1. The fraction of sp³-hybridized carbons (Fsp3) is 0.375. The third-order valence-corrected chi connectivity index (χ3v) is 4.72. The molecule has 1 amide bonds. The zero-order valence-corrected chi connectivity index (χ0v) is 17.7. The summed E-state index contributed by atoms with van der Waals surface area (Å²) in [6.07, 6.45) is 2.32. The Morgan fingerprint density at radius 1 is 1.10 bits per heavy atom. The van der Waals surface area contributed by atoms with E-state index in [1.54, 1.807) is 48.5 Å². The summed E-state index contributed by atoms with van der Waals surface area (Å²) in [5.74, 6) is 0.325. The number of nitrogens with zero attached hydrogens (tertiary/aromatic N) is 1. The monoisotopic (exact) mass is 408 g/mol. The van der Waals surface area contributed by atoms with Crippen molar-refractivity contribution < 1.29 is 19.1 Å². The van der Waals surface area contributed by atoms with Crippen molar-refractivity contribution in [1.29, 1.82) is 5.26 Å². The maximum atomic E-state index is 12.5. The molecule has 1 unspecified atom stereocenters. The molecule has 1 N–H and O–H groups in total. The summed E-state index contributed by atoms with van der Waals surface area (Å²) >= 11 is 0. The molecule has 0 saturated carbocycles. The SMILES string of the molecule is CCCC(C)COc1ccc([C@@H](NC(=O)Cc2ccc(C#N)cc2)C(=O)OC)cc1. The van der Waals surface area contributed by atoms with Crippen molar-refractivity contribution in [3.05, 3.63) is 65.2 Å². The molecule has 6 heteroatoms. The summed E-state index contributed by atoms with van der Waals surface area (Å²) in [5.41, 5.74) is 1.89. The number of benzene rings is 2. The predicted molar refractivity (Wildman–Crippen MR) is 114 cm³/mol. The van der Waals surface area contributed by atoms with Gasteiger partial charge in [0.1, 0.15) is 5.75 Å². The lowest BCUT2D eigenvalue weighted by molar-refractivity contribution is -0.145. The van der Waals surface area contributed by atoms with E-state index in [1.807, 2.05) is 6.07 Å². The number of esters is 1. The summed E-state index contributed by atoms with van der Waals surface area (Å²) in [4.78, 5) is 24.7. The highest BCUT2D eigenvalue weighted by molar-refractivity contribution is 5.86. The van der Waals surface area contributed by atoms with Crippen LogP contribution in [-0.4, -0.2) is 25.6 Å². The van der Waals surface area contributed by atoms with E-state index in [-0.39, 0.29) is 12.3 Å². The molecule has 0 saturated heterocycles. The molecule has 0 spiro atoms. The molecule has 158 valence electrons. The van der Waals surface area contributed by atoms with Gasteiger partial charge >= 0.3 is 5.97 Å². The van der Waals surface area contributed by atoms with E-state index in [2.05, 4.69) is 19.2 Å². The van der Waals surface area contributed by atoms with Crippen LogP contribution in [0.2, 0.25) is 0 Å². The second-order valence-electron chi connectivity index (χ2n) is 7.28. The number of carbonyl (C=O) groups excluding carboxylic acids is 2. The molecule has 2 aromatic carbocycles. The topological polar surface area (TPSA) is 88.4 Å². The number of nitrogens with one attached hydrogen (secondary N) is 1. The van der Waals surface area contributed by atoms with Gasteiger partial charge in [-0.05, 0) is 47.7 Å². The molecule has 2 aromatic rings. The molecule has 0 heterocycles. The van der Waals surface area contributed by atoms with Crippen molar-refractivity contribution in [1.82, 2.24) is 5.32 Å². The van der Waals surface area contributed by atoms with Gasteiger partial charge in [0.2, 0.25) is 5.91 Å². The highest BCUT2D eigenvalue weighted by Crippen LogP contribution is 2.20. The van der Waals surface area contributed by atoms with E-state index in [4.69, 9.17) is 14.7 Å². The average molecular weight is 408 g/mol. The summed E-state index contributed by atoms with van der Waals surface area (Å²) in [5, 5.41) is 11.6. The maximum absolute atomic E-state index is 12.5. The second-order valence-corrected chi connectivity index (χ2v) is 7.28. The van der Waals surface area contributed by atoms with Crippen LogP contribution in [0.25, 0.3) is 0 Å². The first-order chi connectivity index (χ1) is 14.5. The average Bonchev–Trinajstić information content (AvgIpc) is 2.76. The molecular formula is C24H28N2O4. The van der Waals surface area contributed by atoms with Crippen LogP contribution < -0.4 is 10.1 Å². The molecule has 0 aliphatic rings. The minimum absolute atomic E-state index is 0.0930. The minimum Gasteiger partial charge on any atom is -0.493 e. The Hall–Kier alpha value is -3.33. The Morgan fingerprint density at radius 3 is 2.33 bits per heavy atom. The molecule has 6 nitrogen and oxygen atoms in total. The van der Waals surface area contributed by atoms with Crippen LogP contribution >= 0.6 is 0 Å². The molecule has 0 aliphatic heterocycles. The first-order valence-electron chi connectivity index (χ1n) is 10.1. The first kappa shape index (κ1) is 23.0. The van der Waals surface area contributed by atoms with Gasteiger partial charge in [0, 0.05) is 0 Å². The van der Waals surface area contributed by atoms with E-state index in [0.29, 0.717) is 29.4 Å². The van der Waals surface area contributed by atoms with Gasteiger partial charge in [0.05, 0.1) is 31.8 Å². The molecule has 0 fully saturated rings. The van der Waals surface area contributed by atoms with Gasteiger partial charge in [0.25, 0.3) is 0 Å². The number of ether oxygens (including phenoxy) is 2. The lowest BCUT2D eigenvalue weighted by Gasteiger charge is -2.18. The summed E-state index contributed by atoms with van der Waals surface area (Å²) < 4.78 is 10.7. The van der Waals surface area contributed by atoms with Gasteiger partial charge in [-0.25, -0.2) is 4.79 Å². The van der Waals surface area contributed by atoms with Crippen LogP contribution in [0.1, 0.15) is 49.4 Å². The molecule has 30 heavy (non-hydrogen) atoms. The minimum atomic E-state index is -0.908. The summed E-state index contributed by atoms with van der Waals surface area (Å²) in [7, 11) is 1.29. The van der Waals surface area contributed by atoms with Crippen LogP contribution in [0.15, 0.2) is 48.5 Å². The number of rotatable bonds is 10. The molecule has 0 aromatic heterocycles. The van der Waals surface area contributed by atoms with Crippen molar-refractivity contribution in [2.75, 3.05) is 13.7 Å². The predicted octanol–water partition coefficient (Wildman–Crippen LogP) is 3.95. The van der Waals surface area contributed by atoms with Crippen molar-refractivity contribution in [2.24, 2.45) is 5.92 Å². The second kappa shape index (κ2) is 11.6. The van der Waals surface area contributed by atoms with E-state index < -0.39 is 12.0 Å². The van der Waals surface area contributed by atoms with Gasteiger partial charge < -0.3 is 14.8 Å². The van der Waals surface area contributed by atoms with Crippen LogP contribution in [0.4, 0.5) is 0 Å². The first-order valence-corrected chi connectivity index (χ1v) is 10.1. The zero-order chi connectivity index (χ0) is 21.9. The van der Waals surface area contributed by atoms with Crippen LogP contribution in [0.5, 0.6) is 5.75 Å². The summed E-state index contributed by atoms with van der Waals surface area (Å²) in [6.45, 7) is 4.93. The van der Waals surface area contributed by atoms with Crippen LogP contribution in [-0.2, 0) is 20.7 Å². The van der Waals surface area contributed by atoms with Crippen molar-refractivity contribution in [2.45, 2.75) is 39.2 Å². The highest BCUT2D eigenvalue weighted by Gasteiger charge is 2.23. The maximum Gasteiger partial charge on any atom is 0.333 e. The Morgan fingerprint density at radius 2 is 1.77 bits per heavy atom. The number of nitriles is 1. The van der Waals surface area contributed by atoms with Gasteiger partial charge in [-0.2, -0.15) is 5.26 Å². The largest absolute Gasteiger partial charge is 0.493 e. The molecule has 0 bridgehead atoms. The number of hydrogen-bond acceptors (Lipinski definition) is 5. The Bertz CT molecular complexity index is 870. The third-order valence-electron chi connectivity index (χ3n) is 4.72. The smallest absolute Gasteiger partial charge is 0.333 e. The van der Waals surface area contributed by atoms with Crippen molar-refractivity contribution in [3.8, 4) is 11.8 Å². The quantitative estimate of drug-likeness (QED) is 0.602. The fourth-order valence-electron chi connectivity index (χ4n) is 3.06. The van der Waals surface area contributed by atoms with Gasteiger partial charge in [-0.3, -0.25) is 4.79 Å². The number of hydrogen-bond donors (Lipinski definition) is 1. The van der Waals surface area contributed by atoms with E-state index in [1.165, 1.54) is 7.11 Å². The highest BCUT2D eigenvalue weighted by atomic mass is 16.5. The van der Waals surface area contributed by atoms with Crippen molar-refractivity contribution in [3.63, 3.8) is 0 Å². The normalized spacial score (nSPS) is 12.3. The summed E-state index contributed by atoms with van der Waals surface area (Å²) in [6, 6.07) is 15.0. The lowest BCUT2D eigenvalue weighted by Crippen LogP contribution is -2.35. The number of methoxy groups -OCH3 is 1. The third kappa shape index (κ3) is 6.93. The molecule has 0 aliphatic carbocycles. The molecule has 2 rings (SSSR count). The van der Waals surface area contributed by atoms with Gasteiger partial charge in [0.15, 0.2) is 6.04 Å². The van der Waals surface area contributed by atoms with Gasteiger partial charge in [-0.1, -0.05) is 44.5 Å². The zero-order valence-electron chi connectivity index (χ0n) is 17.7. The number of amides is 1. The molecule has 0 radical (unpaired) electrons. The molecule has 2 atom stereocenters. The fourth-order valence-corrected chi connectivity index (χ4v) is 3.06. The number of carbonyl (C=O) groups is 2. The molecular weight excluding hydrogens is 380 g/mol. The Labute approximate surface area is 177 Å². The Balaban J connectivity index is 2.03. The van der Waals surface area contributed by atoms with E-state index in [9.17, 15) is 9.59 Å². The van der Waals surface area contributed by atoms with Crippen molar-refractivity contribution >= 4 is 11.9 Å². The van der Waals surface area contributed by atoms with E-state index in [0.717, 1.165) is 18.4 Å². The van der Waals surface area contributed by atoms with E-state index >= 15 is 0 Å². The van der Waals surface area contributed by atoms with Gasteiger partial charge in [-0.15, -0.1) is 0 Å².